The summed E-state index contributed by atoms with van der Waals surface area (Å²) in [5.74, 6) is 0.851. The van der Waals surface area contributed by atoms with E-state index in [0.717, 1.165) is 10.2 Å². The van der Waals surface area contributed by atoms with Crippen LogP contribution in [0, 0.1) is 0 Å². The number of hydrogen-bond donors (Lipinski definition) is 2. The molecule has 0 aliphatic rings. The van der Waals surface area contributed by atoms with Crippen LogP contribution in [-0.4, -0.2) is 27.3 Å². The van der Waals surface area contributed by atoms with Gasteiger partial charge in [-0.05, 0) is 50.5 Å². The molecule has 0 radical (unpaired) electrons. The summed E-state index contributed by atoms with van der Waals surface area (Å²) in [7, 11) is 0. The lowest BCUT2D eigenvalue weighted by atomic mass is 10.2. The van der Waals surface area contributed by atoms with E-state index < -0.39 is 0 Å². The Bertz CT molecular complexity index is 470. The van der Waals surface area contributed by atoms with E-state index in [0.29, 0.717) is 5.82 Å². The number of nitrogens with zero attached hydrogens (tertiary/aromatic N) is 3. The van der Waals surface area contributed by atoms with Crippen molar-refractivity contribution in [1.29, 1.82) is 0 Å². The number of nitrogen functional groups attached to an aromatic ring is 1. The van der Waals surface area contributed by atoms with E-state index >= 15 is 0 Å². The highest BCUT2D eigenvalue weighted by Crippen LogP contribution is 2.20. The van der Waals surface area contributed by atoms with Gasteiger partial charge in [-0.3, -0.25) is 0 Å². The predicted octanol–water partition coefficient (Wildman–Crippen LogP) is 2.81. The molecule has 0 bridgehead atoms. The lowest BCUT2D eigenvalue weighted by molar-refractivity contribution is 0.000419. The Labute approximate surface area is 122 Å². The molecule has 106 valence electrons. The normalized spacial score (nSPS) is 14.1. The fraction of sp³-hybridized carbons (Fsp3) is 0.583. The molecule has 7 heteroatoms. The van der Waals surface area contributed by atoms with Gasteiger partial charge in [-0.25, -0.2) is 4.98 Å². The highest BCUT2D eigenvalue weighted by molar-refractivity contribution is 9.10. The molecule has 0 aliphatic heterocycles. The van der Waals surface area contributed by atoms with Crippen LogP contribution in [-0.2, 0) is 4.84 Å². The van der Waals surface area contributed by atoms with Gasteiger partial charge in [0.15, 0.2) is 0 Å². The summed E-state index contributed by atoms with van der Waals surface area (Å²) >= 11 is 3.36. The fourth-order valence-electron chi connectivity index (χ4n) is 1.08. The van der Waals surface area contributed by atoms with Crippen LogP contribution >= 0.6 is 15.9 Å². The molecule has 6 nitrogen and oxygen atoms in total. The van der Waals surface area contributed by atoms with Crippen LogP contribution in [0.3, 0.4) is 0 Å². The Morgan fingerprint density at radius 3 is 2.74 bits per heavy atom. The van der Waals surface area contributed by atoms with Crippen LogP contribution < -0.4 is 11.1 Å². The van der Waals surface area contributed by atoms with Gasteiger partial charge in [-0.2, -0.15) is 4.98 Å². The van der Waals surface area contributed by atoms with Gasteiger partial charge >= 0.3 is 0 Å². The summed E-state index contributed by atoms with van der Waals surface area (Å²) in [6, 6.07) is -0.0343. The minimum Gasteiger partial charge on any atom is -0.390 e. The molecule has 0 fully saturated rings. The van der Waals surface area contributed by atoms with Crippen molar-refractivity contribution in [3.8, 4) is 0 Å². The number of hydrogen-bond acceptors (Lipinski definition) is 6. The van der Waals surface area contributed by atoms with Gasteiger partial charge in [0.05, 0.1) is 16.2 Å². The first-order valence-corrected chi connectivity index (χ1v) is 6.75. The molecule has 0 aromatic carbocycles. The SMILES string of the molecule is C/C(=N\OC(C)(C)C)C(C)Nc1nc(N)ncc1Br. The van der Waals surface area contributed by atoms with Gasteiger partial charge in [0.25, 0.3) is 0 Å². The summed E-state index contributed by atoms with van der Waals surface area (Å²) in [5.41, 5.74) is 6.07. The Morgan fingerprint density at radius 1 is 1.53 bits per heavy atom. The zero-order valence-corrected chi connectivity index (χ0v) is 13.4. The molecule has 0 saturated heterocycles. The van der Waals surface area contributed by atoms with Crippen LogP contribution in [0.15, 0.2) is 15.8 Å². The number of aromatic nitrogens is 2. The van der Waals surface area contributed by atoms with E-state index in [1.807, 2.05) is 34.6 Å². The molecular formula is C12H20BrN5O. The minimum absolute atomic E-state index is 0.0343. The van der Waals surface area contributed by atoms with Crippen molar-refractivity contribution < 1.29 is 4.84 Å². The number of nitrogens with two attached hydrogens (primary N) is 1. The topological polar surface area (TPSA) is 85.4 Å². The summed E-state index contributed by atoms with van der Waals surface area (Å²) in [6.07, 6.45) is 1.61. The molecule has 1 heterocycles. The van der Waals surface area contributed by atoms with Gasteiger partial charge in [0, 0.05) is 6.20 Å². The van der Waals surface area contributed by atoms with Crippen LogP contribution in [0.4, 0.5) is 11.8 Å². The van der Waals surface area contributed by atoms with Crippen molar-refractivity contribution in [3.05, 3.63) is 10.7 Å². The summed E-state index contributed by atoms with van der Waals surface area (Å²) in [4.78, 5) is 13.4. The molecule has 0 aliphatic carbocycles. The second kappa shape index (κ2) is 6.18. The van der Waals surface area contributed by atoms with Crippen molar-refractivity contribution >= 4 is 33.4 Å². The minimum atomic E-state index is -0.305. The standard InChI is InChI=1S/C12H20BrN5O/c1-7(8(2)18-19-12(3,4)5)16-10-9(13)6-15-11(14)17-10/h6-7H,1-5H3,(H3,14,15,16,17)/b18-8+. The molecule has 0 amide bonds. The average Bonchev–Trinajstić information content (AvgIpc) is 2.29. The van der Waals surface area contributed by atoms with Gasteiger partial charge in [-0.15, -0.1) is 0 Å². The molecule has 1 unspecified atom stereocenters. The first kappa shape index (κ1) is 15.7. The Balaban J connectivity index is 2.73. The van der Waals surface area contributed by atoms with Crippen LogP contribution in [0.5, 0.6) is 0 Å². The molecule has 19 heavy (non-hydrogen) atoms. The monoisotopic (exact) mass is 329 g/mol. The van der Waals surface area contributed by atoms with Gasteiger partial charge < -0.3 is 15.9 Å². The zero-order valence-electron chi connectivity index (χ0n) is 11.9. The molecule has 1 aromatic rings. The highest BCUT2D eigenvalue weighted by Gasteiger charge is 2.14. The maximum Gasteiger partial charge on any atom is 0.221 e. The number of rotatable bonds is 4. The van der Waals surface area contributed by atoms with E-state index in [1.165, 1.54) is 0 Å². The second-order valence-electron chi connectivity index (χ2n) is 5.23. The lowest BCUT2D eigenvalue weighted by Crippen LogP contribution is -2.26. The van der Waals surface area contributed by atoms with Crippen molar-refractivity contribution in [3.63, 3.8) is 0 Å². The molecule has 1 atom stereocenters. The molecule has 0 saturated carbocycles. The second-order valence-corrected chi connectivity index (χ2v) is 6.08. The summed E-state index contributed by atoms with van der Waals surface area (Å²) in [5, 5.41) is 7.31. The maximum absolute atomic E-state index is 5.56. The van der Waals surface area contributed by atoms with Crippen molar-refractivity contribution in [1.82, 2.24) is 9.97 Å². The van der Waals surface area contributed by atoms with E-state index in [9.17, 15) is 0 Å². The van der Waals surface area contributed by atoms with Crippen molar-refractivity contribution in [2.75, 3.05) is 11.1 Å². The van der Waals surface area contributed by atoms with Gasteiger partial charge in [0.2, 0.25) is 5.95 Å². The third-order valence-corrected chi connectivity index (χ3v) is 2.79. The van der Waals surface area contributed by atoms with Crippen molar-refractivity contribution in [2.24, 2.45) is 5.16 Å². The Kier molecular flexibility index (Phi) is 5.11. The number of nitrogens with one attached hydrogen (secondary N) is 1. The maximum atomic E-state index is 5.56. The highest BCUT2D eigenvalue weighted by atomic mass is 79.9. The van der Waals surface area contributed by atoms with Gasteiger partial charge in [0.1, 0.15) is 11.4 Å². The first-order valence-electron chi connectivity index (χ1n) is 5.96. The molecule has 3 N–H and O–H groups in total. The van der Waals surface area contributed by atoms with E-state index in [-0.39, 0.29) is 17.6 Å². The zero-order chi connectivity index (χ0) is 14.6. The van der Waals surface area contributed by atoms with Crippen LogP contribution in [0.1, 0.15) is 34.6 Å². The summed E-state index contributed by atoms with van der Waals surface area (Å²) < 4.78 is 0.748. The fourth-order valence-corrected chi connectivity index (χ4v) is 1.38. The molecule has 1 rings (SSSR count). The molecule has 1 aromatic heterocycles. The third kappa shape index (κ3) is 5.42. The smallest absolute Gasteiger partial charge is 0.221 e. The lowest BCUT2D eigenvalue weighted by Gasteiger charge is -2.19. The summed E-state index contributed by atoms with van der Waals surface area (Å²) in [6.45, 7) is 9.70. The average molecular weight is 330 g/mol. The van der Waals surface area contributed by atoms with E-state index in [1.54, 1.807) is 6.20 Å². The molecule has 0 spiro atoms. The predicted molar refractivity (Wildman–Crippen MR) is 81.2 cm³/mol. The Hall–Kier alpha value is -1.37. The van der Waals surface area contributed by atoms with E-state index in [2.05, 4.69) is 36.4 Å². The van der Waals surface area contributed by atoms with E-state index in [4.69, 9.17) is 10.6 Å². The third-order valence-electron chi connectivity index (χ3n) is 2.21. The van der Waals surface area contributed by atoms with Crippen LogP contribution in [0.25, 0.3) is 0 Å². The quantitative estimate of drug-likeness (QED) is 0.655. The number of halogens is 1. The number of oxime groups is 1. The first-order chi connectivity index (χ1) is 8.69. The Morgan fingerprint density at radius 2 is 2.16 bits per heavy atom. The number of anilines is 2. The largest absolute Gasteiger partial charge is 0.390 e. The van der Waals surface area contributed by atoms with Crippen LogP contribution in [0.2, 0.25) is 0 Å². The van der Waals surface area contributed by atoms with Crippen molar-refractivity contribution in [2.45, 2.75) is 46.3 Å². The van der Waals surface area contributed by atoms with Gasteiger partial charge in [-0.1, -0.05) is 5.16 Å². The molecular weight excluding hydrogens is 310 g/mol.